The van der Waals surface area contributed by atoms with Gasteiger partial charge in [-0.3, -0.25) is 4.90 Å². The van der Waals surface area contributed by atoms with Crippen molar-refractivity contribution in [2.24, 2.45) is 0 Å². The third kappa shape index (κ3) is 2.21. The molecule has 1 fully saturated rings. The summed E-state index contributed by atoms with van der Waals surface area (Å²) in [6.07, 6.45) is 1.23. The van der Waals surface area contributed by atoms with Gasteiger partial charge in [0.15, 0.2) is 0 Å². The second-order valence-electron chi connectivity index (χ2n) is 6.45. The summed E-state index contributed by atoms with van der Waals surface area (Å²) in [6, 6.07) is 17.7. The molecule has 0 N–H and O–H groups in total. The summed E-state index contributed by atoms with van der Waals surface area (Å²) < 4.78 is 6.10. The molecule has 0 aromatic heterocycles. The Morgan fingerprint density at radius 3 is 2.14 bits per heavy atom. The van der Waals surface area contributed by atoms with E-state index in [9.17, 15) is 0 Å². The number of nitrogens with zero attached hydrogens (tertiary/aromatic N) is 2. The monoisotopic (exact) mass is 294 g/mol. The highest BCUT2D eigenvalue weighted by Gasteiger charge is 2.34. The van der Waals surface area contributed by atoms with Crippen LogP contribution in [0.5, 0.6) is 11.5 Å². The zero-order chi connectivity index (χ0) is 15.1. The molecule has 4 rings (SSSR count). The molecule has 2 aliphatic heterocycles. The van der Waals surface area contributed by atoms with Gasteiger partial charge in [0.25, 0.3) is 0 Å². The van der Waals surface area contributed by atoms with Gasteiger partial charge in [-0.2, -0.15) is 0 Å². The first-order valence-electron chi connectivity index (χ1n) is 8.00. The Kier molecular flexibility index (Phi) is 3.40. The van der Waals surface area contributed by atoms with Crippen LogP contribution in [0.1, 0.15) is 23.6 Å². The largest absolute Gasteiger partial charge is 0.457 e. The molecule has 2 aromatic rings. The molecule has 2 aromatic carbocycles. The summed E-state index contributed by atoms with van der Waals surface area (Å²) in [6.45, 7) is 2.32. The lowest BCUT2D eigenvalue weighted by molar-refractivity contribution is 0.190. The van der Waals surface area contributed by atoms with Crippen LogP contribution in [0, 0.1) is 0 Å². The Bertz CT molecular complexity index is 639. The summed E-state index contributed by atoms with van der Waals surface area (Å²) in [5.74, 6) is 1.98. The summed E-state index contributed by atoms with van der Waals surface area (Å²) in [4.78, 5) is 4.95. The van der Waals surface area contributed by atoms with Gasteiger partial charge < -0.3 is 9.64 Å². The number of likely N-dealkylation sites (N-methyl/N-ethyl adjacent to an activating group) is 2. The molecule has 3 nitrogen and oxygen atoms in total. The van der Waals surface area contributed by atoms with E-state index in [4.69, 9.17) is 4.74 Å². The number of para-hydroxylation sites is 2. The minimum absolute atomic E-state index is 0.276. The molecule has 114 valence electrons. The lowest BCUT2D eigenvalue weighted by Crippen LogP contribution is -2.38. The minimum Gasteiger partial charge on any atom is -0.457 e. The molecule has 0 radical (unpaired) electrons. The van der Waals surface area contributed by atoms with E-state index in [0.29, 0.717) is 6.04 Å². The Balaban J connectivity index is 1.77. The molecule has 0 amide bonds. The fourth-order valence-corrected chi connectivity index (χ4v) is 3.78. The number of fused-ring (bicyclic) bond motifs is 2. The van der Waals surface area contributed by atoms with Crippen LogP contribution in [0.25, 0.3) is 0 Å². The average molecular weight is 294 g/mol. The normalized spacial score (nSPS) is 21.5. The van der Waals surface area contributed by atoms with Crippen LogP contribution in [0.4, 0.5) is 0 Å². The van der Waals surface area contributed by atoms with Crippen LogP contribution in [-0.4, -0.2) is 43.0 Å². The van der Waals surface area contributed by atoms with E-state index in [0.717, 1.165) is 18.0 Å². The summed E-state index contributed by atoms with van der Waals surface area (Å²) in [5, 5.41) is 0. The van der Waals surface area contributed by atoms with E-state index in [-0.39, 0.29) is 6.04 Å². The van der Waals surface area contributed by atoms with Crippen molar-refractivity contribution in [1.82, 2.24) is 9.80 Å². The molecular formula is C19H22N2O. The Morgan fingerprint density at radius 2 is 1.59 bits per heavy atom. The third-order valence-corrected chi connectivity index (χ3v) is 5.00. The smallest absolute Gasteiger partial charge is 0.132 e. The molecule has 2 heterocycles. The second-order valence-corrected chi connectivity index (χ2v) is 6.45. The summed E-state index contributed by atoms with van der Waals surface area (Å²) in [5.41, 5.74) is 2.55. The molecule has 22 heavy (non-hydrogen) atoms. The van der Waals surface area contributed by atoms with Gasteiger partial charge in [-0.15, -0.1) is 0 Å². The van der Waals surface area contributed by atoms with Gasteiger partial charge in [-0.1, -0.05) is 36.4 Å². The first-order chi connectivity index (χ1) is 10.7. The maximum absolute atomic E-state index is 6.10. The molecule has 0 bridgehead atoms. The quantitative estimate of drug-likeness (QED) is 0.843. The van der Waals surface area contributed by atoms with E-state index in [1.54, 1.807) is 0 Å². The van der Waals surface area contributed by atoms with Crippen LogP contribution in [-0.2, 0) is 0 Å². The molecular weight excluding hydrogens is 272 g/mol. The lowest BCUT2D eigenvalue weighted by atomic mass is 9.92. The average Bonchev–Trinajstić information content (AvgIpc) is 2.98. The number of benzene rings is 2. The third-order valence-electron chi connectivity index (χ3n) is 5.00. The molecule has 0 spiro atoms. The Morgan fingerprint density at radius 1 is 1.00 bits per heavy atom. The molecule has 2 aliphatic rings. The van der Waals surface area contributed by atoms with Crippen LogP contribution in [0.2, 0.25) is 0 Å². The van der Waals surface area contributed by atoms with Crippen molar-refractivity contribution >= 4 is 0 Å². The first-order valence-corrected chi connectivity index (χ1v) is 8.00. The molecule has 1 unspecified atom stereocenters. The Hall–Kier alpha value is -1.84. The van der Waals surface area contributed by atoms with Gasteiger partial charge in [0.2, 0.25) is 0 Å². The summed E-state index contributed by atoms with van der Waals surface area (Å²) in [7, 11) is 4.47. The zero-order valence-electron chi connectivity index (χ0n) is 13.2. The van der Waals surface area contributed by atoms with E-state index in [1.807, 2.05) is 12.1 Å². The van der Waals surface area contributed by atoms with E-state index < -0.39 is 0 Å². The minimum atomic E-state index is 0.276. The van der Waals surface area contributed by atoms with Gasteiger partial charge in [0.05, 0.1) is 6.04 Å². The number of ether oxygens (including phenoxy) is 1. The maximum atomic E-state index is 6.10. The van der Waals surface area contributed by atoms with Gasteiger partial charge in [0, 0.05) is 23.7 Å². The van der Waals surface area contributed by atoms with Crippen molar-refractivity contribution in [3.05, 3.63) is 59.7 Å². The molecule has 0 aliphatic carbocycles. The lowest BCUT2D eigenvalue weighted by Gasteiger charge is -2.37. The highest BCUT2D eigenvalue weighted by Crippen LogP contribution is 2.45. The van der Waals surface area contributed by atoms with E-state index in [1.165, 1.54) is 24.1 Å². The van der Waals surface area contributed by atoms with Crippen LogP contribution < -0.4 is 4.74 Å². The van der Waals surface area contributed by atoms with E-state index >= 15 is 0 Å². The number of rotatable bonds is 2. The molecule has 0 saturated carbocycles. The SMILES string of the molecule is CN1CCC(N(C)C2c3ccccc3Oc3ccccc32)C1. The molecule has 1 saturated heterocycles. The Labute approximate surface area is 132 Å². The highest BCUT2D eigenvalue weighted by atomic mass is 16.5. The highest BCUT2D eigenvalue weighted by molar-refractivity contribution is 5.53. The van der Waals surface area contributed by atoms with Gasteiger partial charge >= 0.3 is 0 Å². The zero-order valence-corrected chi connectivity index (χ0v) is 13.2. The fourth-order valence-electron chi connectivity index (χ4n) is 3.78. The van der Waals surface area contributed by atoms with Crippen molar-refractivity contribution in [3.8, 4) is 11.5 Å². The number of likely N-dealkylation sites (tertiary alicyclic amines) is 1. The number of hydrogen-bond acceptors (Lipinski definition) is 3. The van der Waals surface area contributed by atoms with Crippen molar-refractivity contribution in [2.75, 3.05) is 27.2 Å². The first kappa shape index (κ1) is 13.8. The predicted molar refractivity (Wildman–Crippen MR) is 88.5 cm³/mol. The van der Waals surface area contributed by atoms with Gasteiger partial charge in [-0.05, 0) is 39.2 Å². The van der Waals surface area contributed by atoms with Gasteiger partial charge in [-0.25, -0.2) is 0 Å². The number of hydrogen-bond donors (Lipinski definition) is 0. The topological polar surface area (TPSA) is 15.7 Å². The van der Waals surface area contributed by atoms with Gasteiger partial charge in [0.1, 0.15) is 11.5 Å². The molecule has 1 atom stereocenters. The maximum Gasteiger partial charge on any atom is 0.132 e. The van der Waals surface area contributed by atoms with Crippen molar-refractivity contribution in [2.45, 2.75) is 18.5 Å². The predicted octanol–water partition coefficient (Wildman–Crippen LogP) is 3.52. The fraction of sp³-hybridized carbons (Fsp3) is 0.368. The van der Waals surface area contributed by atoms with Crippen LogP contribution >= 0.6 is 0 Å². The second kappa shape index (κ2) is 5.41. The van der Waals surface area contributed by atoms with E-state index in [2.05, 4.69) is 60.3 Å². The standard InChI is InChI=1S/C19H22N2O/c1-20-12-11-14(13-20)21(2)19-15-7-3-5-9-17(15)22-18-10-6-4-8-16(18)19/h3-10,14,19H,11-13H2,1-2H3. The van der Waals surface area contributed by atoms with Crippen molar-refractivity contribution < 1.29 is 4.74 Å². The van der Waals surface area contributed by atoms with Crippen LogP contribution in [0.3, 0.4) is 0 Å². The summed E-state index contributed by atoms with van der Waals surface area (Å²) >= 11 is 0. The van der Waals surface area contributed by atoms with Crippen molar-refractivity contribution in [1.29, 1.82) is 0 Å². The molecule has 3 heteroatoms. The van der Waals surface area contributed by atoms with Crippen molar-refractivity contribution in [3.63, 3.8) is 0 Å². The van der Waals surface area contributed by atoms with Crippen LogP contribution in [0.15, 0.2) is 48.5 Å².